The van der Waals surface area contributed by atoms with Gasteiger partial charge in [0, 0.05) is 24.1 Å². The summed E-state index contributed by atoms with van der Waals surface area (Å²) in [5, 5.41) is 3.11. The van der Waals surface area contributed by atoms with Crippen LogP contribution in [0, 0.1) is 6.92 Å². The number of aromatic amines is 1. The molecule has 1 aromatic heterocycles. The van der Waals surface area contributed by atoms with Crippen molar-refractivity contribution in [1.29, 1.82) is 0 Å². The predicted octanol–water partition coefficient (Wildman–Crippen LogP) is 2.90. The van der Waals surface area contributed by atoms with Gasteiger partial charge in [-0.2, -0.15) is 11.8 Å². The van der Waals surface area contributed by atoms with E-state index in [0.717, 1.165) is 23.6 Å². The molecular weight excluding hydrogens is 310 g/mol. The Labute approximate surface area is 140 Å². The van der Waals surface area contributed by atoms with Gasteiger partial charge in [-0.3, -0.25) is 14.3 Å². The van der Waals surface area contributed by atoms with Gasteiger partial charge in [-0.1, -0.05) is 19.9 Å². The Balaban J connectivity index is 2.21. The number of rotatable bonds is 7. The van der Waals surface area contributed by atoms with Gasteiger partial charge >= 0.3 is 5.69 Å². The molecule has 0 amide bonds. The largest absolute Gasteiger partial charge is 0.342 e. The van der Waals surface area contributed by atoms with E-state index in [9.17, 15) is 9.59 Å². The van der Waals surface area contributed by atoms with Crippen molar-refractivity contribution < 1.29 is 0 Å². The minimum Gasteiger partial charge on any atom is -0.342 e. The Bertz CT molecular complexity index is 749. The number of thioether (sulfide) groups is 1. The zero-order valence-electron chi connectivity index (χ0n) is 13.8. The van der Waals surface area contributed by atoms with E-state index in [1.54, 1.807) is 11.8 Å². The summed E-state index contributed by atoms with van der Waals surface area (Å²) < 4.78 is 1.24. The molecule has 0 aliphatic heterocycles. The van der Waals surface area contributed by atoms with Crippen LogP contribution in [0.5, 0.6) is 0 Å². The number of H-pyrrole nitrogens is 1. The number of hydrogen-bond acceptors (Lipinski definition) is 4. The van der Waals surface area contributed by atoms with Gasteiger partial charge in [0.05, 0.1) is 0 Å². The summed E-state index contributed by atoms with van der Waals surface area (Å²) in [6.45, 7) is 6.65. The molecule has 0 aliphatic carbocycles. The van der Waals surface area contributed by atoms with Crippen molar-refractivity contribution in [2.75, 3.05) is 16.8 Å². The molecule has 0 unspecified atom stereocenters. The van der Waals surface area contributed by atoms with E-state index < -0.39 is 0 Å². The van der Waals surface area contributed by atoms with E-state index >= 15 is 0 Å². The molecule has 0 aliphatic rings. The van der Waals surface area contributed by atoms with E-state index in [0.29, 0.717) is 12.4 Å². The highest BCUT2D eigenvalue weighted by molar-refractivity contribution is 7.99. The third kappa shape index (κ3) is 4.51. The number of nitrogens with zero attached hydrogens (tertiary/aromatic N) is 1. The molecule has 124 valence electrons. The standard InChI is InChI=1S/C17H23N3O2S/c1-4-13-10-14(7-6-12(13)3)18-15-11-16(21)20(17(22)19-15)8-9-23-5-2/h6-7,10-11,18H,4-5,8-9H2,1-3H3,(H,19,22). The average molecular weight is 333 g/mol. The summed E-state index contributed by atoms with van der Waals surface area (Å²) in [6, 6.07) is 7.44. The third-order valence-electron chi connectivity index (χ3n) is 3.69. The van der Waals surface area contributed by atoms with Crippen LogP contribution < -0.4 is 16.6 Å². The van der Waals surface area contributed by atoms with Crippen molar-refractivity contribution >= 4 is 23.3 Å². The molecule has 0 radical (unpaired) electrons. The molecule has 23 heavy (non-hydrogen) atoms. The Hall–Kier alpha value is -1.95. The van der Waals surface area contributed by atoms with Crippen molar-refractivity contribution in [2.45, 2.75) is 33.7 Å². The van der Waals surface area contributed by atoms with Crippen LogP contribution in [0.15, 0.2) is 33.9 Å². The van der Waals surface area contributed by atoms with Crippen molar-refractivity contribution in [3.05, 3.63) is 56.2 Å². The Morgan fingerprint density at radius 2 is 2.00 bits per heavy atom. The second kappa shape index (κ2) is 8.06. The van der Waals surface area contributed by atoms with Crippen LogP contribution in [-0.4, -0.2) is 21.1 Å². The highest BCUT2D eigenvalue weighted by atomic mass is 32.2. The van der Waals surface area contributed by atoms with Crippen molar-refractivity contribution in [3.63, 3.8) is 0 Å². The first kappa shape index (κ1) is 17.4. The Morgan fingerprint density at radius 3 is 2.65 bits per heavy atom. The van der Waals surface area contributed by atoms with Crippen LogP contribution in [0.1, 0.15) is 25.0 Å². The van der Waals surface area contributed by atoms with Crippen LogP contribution in [0.2, 0.25) is 0 Å². The quantitative estimate of drug-likeness (QED) is 0.765. The second-order valence-corrected chi connectivity index (χ2v) is 6.69. The monoisotopic (exact) mass is 333 g/mol. The van der Waals surface area contributed by atoms with Crippen LogP contribution >= 0.6 is 11.8 Å². The molecule has 0 bridgehead atoms. The summed E-state index contributed by atoms with van der Waals surface area (Å²) in [4.78, 5) is 26.9. The number of aromatic nitrogens is 2. The van der Waals surface area contributed by atoms with Gasteiger partial charge in [0.25, 0.3) is 5.56 Å². The lowest BCUT2D eigenvalue weighted by Crippen LogP contribution is -2.35. The minimum atomic E-state index is -0.375. The molecule has 2 rings (SSSR count). The Morgan fingerprint density at radius 1 is 1.22 bits per heavy atom. The summed E-state index contributed by atoms with van der Waals surface area (Å²) in [5.74, 6) is 2.15. The molecule has 5 nitrogen and oxygen atoms in total. The predicted molar refractivity (Wildman–Crippen MR) is 98.2 cm³/mol. The Kier molecular flexibility index (Phi) is 6.10. The van der Waals surface area contributed by atoms with E-state index in [2.05, 4.69) is 31.1 Å². The highest BCUT2D eigenvalue weighted by Crippen LogP contribution is 2.18. The molecule has 1 heterocycles. The maximum atomic E-state index is 12.1. The van der Waals surface area contributed by atoms with Crippen LogP contribution in [-0.2, 0) is 13.0 Å². The first-order valence-electron chi connectivity index (χ1n) is 7.83. The molecule has 0 fully saturated rings. The fourth-order valence-corrected chi connectivity index (χ4v) is 2.99. The molecule has 0 atom stereocenters. The number of aryl methyl sites for hydroxylation is 2. The third-order valence-corrected chi connectivity index (χ3v) is 4.57. The average Bonchev–Trinajstić information content (AvgIpc) is 2.52. The minimum absolute atomic E-state index is 0.282. The van der Waals surface area contributed by atoms with Gasteiger partial charge in [-0.05, 0) is 42.4 Å². The first-order valence-corrected chi connectivity index (χ1v) is 8.99. The molecule has 1 aromatic carbocycles. The molecular formula is C17H23N3O2S. The van der Waals surface area contributed by atoms with E-state index in [4.69, 9.17) is 0 Å². The van der Waals surface area contributed by atoms with Gasteiger partial charge < -0.3 is 5.32 Å². The number of nitrogens with one attached hydrogen (secondary N) is 2. The topological polar surface area (TPSA) is 66.9 Å². The van der Waals surface area contributed by atoms with Crippen LogP contribution in [0.4, 0.5) is 11.5 Å². The second-order valence-electron chi connectivity index (χ2n) is 5.29. The number of benzene rings is 1. The van der Waals surface area contributed by atoms with Gasteiger partial charge in [0.15, 0.2) is 0 Å². The maximum absolute atomic E-state index is 12.1. The zero-order chi connectivity index (χ0) is 16.8. The van der Waals surface area contributed by atoms with Gasteiger partial charge in [-0.15, -0.1) is 0 Å². The molecule has 0 spiro atoms. The number of anilines is 2. The summed E-state index contributed by atoms with van der Waals surface area (Å²) >= 11 is 1.70. The lowest BCUT2D eigenvalue weighted by atomic mass is 10.1. The van der Waals surface area contributed by atoms with Crippen molar-refractivity contribution in [2.24, 2.45) is 0 Å². The number of hydrogen-bond donors (Lipinski definition) is 2. The van der Waals surface area contributed by atoms with E-state index in [1.807, 2.05) is 18.2 Å². The smallest absolute Gasteiger partial charge is 0.329 e. The molecule has 0 saturated heterocycles. The molecule has 2 aromatic rings. The van der Waals surface area contributed by atoms with E-state index in [1.165, 1.54) is 21.8 Å². The van der Waals surface area contributed by atoms with Gasteiger partial charge in [-0.25, -0.2) is 4.79 Å². The van der Waals surface area contributed by atoms with Gasteiger partial charge in [0.2, 0.25) is 0 Å². The fraction of sp³-hybridized carbons (Fsp3) is 0.412. The first-order chi connectivity index (χ1) is 11.0. The van der Waals surface area contributed by atoms with Crippen LogP contribution in [0.3, 0.4) is 0 Å². The lowest BCUT2D eigenvalue weighted by Gasteiger charge is -2.11. The van der Waals surface area contributed by atoms with Crippen molar-refractivity contribution in [3.8, 4) is 0 Å². The van der Waals surface area contributed by atoms with Crippen molar-refractivity contribution in [1.82, 2.24) is 9.55 Å². The highest BCUT2D eigenvalue weighted by Gasteiger charge is 2.05. The fourth-order valence-electron chi connectivity index (χ4n) is 2.39. The normalized spacial score (nSPS) is 10.7. The SMILES string of the molecule is CCSCCn1c(=O)cc(Nc2ccc(C)c(CC)c2)[nH]c1=O. The zero-order valence-corrected chi connectivity index (χ0v) is 14.6. The summed E-state index contributed by atoms with van der Waals surface area (Å²) in [5.41, 5.74) is 2.68. The van der Waals surface area contributed by atoms with E-state index in [-0.39, 0.29) is 11.2 Å². The van der Waals surface area contributed by atoms with Crippen LogP contribution in [0.25, 0.3) is 0 Å². The molecule has 6 heteroatoms. The summed E-state index contributed by atoms with van der Waals surface area (Å²) in [7, 11) is 0. The molecule has 2 N–H and O–H groups in total. The van der Waals surface area contributed by atoms with Gasteiger partial charge in [0.1, 0.15) is 5.82 Å². The summed E-state index contributed by atoms with van der Waals surface area (Å²) in [6.07, 6.45) is 0.939. The lowest BCUT2D eigenvalue weighted by molar-refractivity contribution is 0.681. The molecule has 0 saturated carbocycles. The maximum Gasteiger partial charge on any atom is 0.329 e.